The van der Waals surface area contributed by atoms with Gasteiger partial charge in [-0.15, -0.1) is 0 Å². The molecule has 0 spiro atoms. The summed E-state index contributed by atoms with van der Waals surface area (Å²) in [6.45, 7) is 0. The standard InChI is InChI=1S/C38H25N.C37H24N2.C32H21N.C31H20N2/c1-3-13-26(14-4-1)28-17-11-18-29(25-28)39-35-24-12-23-33-31-20-8-7-19-30(31)32-21-9-10-22-34(32)37(36(33)35)38(39)27-15-5-2-6-16-27;1-3-13-25(14-4-1)32-22-12-24-34(38-32)39-33-23-11-21-30-28-18-8-7-17-27(28)29-19-9-10-20-31(29)36(35(30)33)37(39)26-15-5-2-6-16-26;1-3-12-22(13-4-1)32-31-28-19-10-9-18-26(28)24-16-7-8-17-25(24)27-20-11-21-29(30(27)31)33(32)23-14-5-2-6-15-23;1-2-11-21(12-3-1)31-30-26-16-7-6-15-24(26)22-13-4-5-14-23(22)25-17-10-18-27(29(25)30)33(31)28-19-8-9-20-32-28/h1-25H;1-24H;1-21H;1-20H. The van der Waals surface area contributed by atoms with E-state index in [0.717, 1.165) is 39.8 Å². The maximum atomic E-state index is 5.23. The Hall–Kier alpha value is -19.1. The number of fused-ring (bicyclic) bond motifs is 20. The molecule has 6 aromatic heterocycles. The molecule has 4 aliphatic rings. The highest BCUT2D eigenvalue weighted by atomic mass is 15.1. The molecule has 0 amide bonds. The maximum absolute atomic E-state index is 5.23. The van der Waals surface area contributed by atoms with Gasteiger partial charge in [-0.3, -0.25) is 9.13 Å². The quantitative estimate of drug-likeness (QED) is 0.137. The van der Waals surface area contributed by atoms with Crippen molar-refractivity contribution in [2.24, 2.45) is 0 Å². The van der Waals surface area contributed by atoms with Crippen molar-refractivity contribution in [3.05, 3.63) is 546 Å². The molecule has 144 heavy (non-hydrogen) atoms. The summed E-state index contributed by atoms with van der Waals surface area (Å²) in [6, 6.07) is 194. The number of para-hydroxylation sites is 1. The van der Waals surface area contributed by atoms with Crippen molar-refractivity contribution in [2.45, 2.75) is 0 Å². The van der Waals surface area contributed by atoms with Crippen LogP contribution in [0.25, 0.3) is 268 Å². The van der Waals surface area contributed by atoms with Gasteiger partial charge >= 0.3 is 0 Å². The van der Waals surface area contributed by atoms with E-state index in [1.165, 1.54) is 228 Å². The van der Waals surface area contributed by atoms with Crippen molar-refractivity contribution < 1.29 is 0 Å². The Balaban J connectivity index is 0.0000000959. The summed E-state index contributed by atoms with van der Waals surface area (Å²) in [5.41, 5.74) is 51.8. The number of nitrogens with zero attached hydrogens (tertiary/aromatic N) is 6. The van der Waals surface area contributed by atoms with E-state index in [1.54, 1.807) is 0 Å². The zero-order valence-electron chi connectivity index (χ0n) is 78.6. The lowest BCUT2D eigenvalue weighted by Crippen LogP contribution is -2.01. The Kier molecular flexibility index (Phi) is 20.9. The van der Waals surface area contributed by atoms with E-state index < -0.39 is 0 Å². The van der Waals surface area contributed by atoms with E-state index in [9.17, 15) is 0 Å². The molecule has 6 heteroatoms. The van der Waals surface area contributed by atoms with Gasteiger partial charge in [0.05, 0.1) is 50.5 Å². The van der Waals surface area contributed by atoms with Crippen molar-refractivity contribution in [2.75, 3.05) is 0 Å². The third-order valence-corrected chi connectivity index (χ3v) is 29.1. The minimum absolute atomic E-state index is 0.912. The lowest BCUT2D eigenvalue weighted by Gasteiger charge is -2.16. The third-order valence-electron chi connectivity index (χ3n) is 29.1. The lowest BCUT2D eigenvalue weighted by molar-refractivity contribution is 1.05. The number of hydrogen-bond acceptors (Lipinski definition) is 2. The Bertz CT molecular complexity index is 8920. The van der Waals surface area contributed by atoms with Gasteiger partial charge in [0.2, 0.25) is 0 Å². The van der Waals surface area contributed by atoms with Gasteiger partial charge in [-0.05, 0) is 217 Å². The summed E-state index contributed by atoms with van der Waals surface area (Å²) in [5.74, 6) is 1.84. The van der Waals surface area contributed by atoms with Gasteiger partial charge in [0.1, 0.15) is 11.6 Å². The predicted molar refractivity (Wildman–Crippen MR) is 601 cm³/mol. The lowest BCUT2D eigenvalue weighted by atomic mass is 9.93. The molecule has 0 N–H and O–H groups in total. The zero-order chi connectivity index (χ0) is 95.1. The van der Waals surface area contributed by atoms with Crippen LogP contribution in [0.4, 0.5) is 0 Å². The van der Waals surface area contributed by atoms with Crippen LogP contribution in [0.3, 0.4) is 0 Å². The van der Waals surface area contributed by atoms with Gasteiger partial charge in [0, 0.05) is 66.9 Å². The molecule has 26 aromatic rings. The normalized spacial score (nSPS) is 11.6. The molecule has 0 saturated heterocycles. The largest absolute Gasteiger partial charge is 0.309 e. The number of pyridine rings is 2. The SMILES string of the molecule is c1ccc(-c2c3c4c(cccc4n2-c2ccccc2)-c2ccccc2-c2ccccc2-3)cc1.c1ccc(-c2c3c4c(cccc4n2-c2ccccn2)-c2ccccc2-c2ccccc2-3)cc1.c1ccc(-c2cccc(-n3c(-c4ccccc4)c4c5c(cccc53)-c3ccccc3-c3ccccc3-4)c2)cc1.c1ccc(-c2cccc(-n3c(-c4ccccc4)c4c5c(cccc53)-c3ccccc3-c3ccccc3-4)n2)cc1. The second-order valence-corrected chi connectivity index (χ2v) is 37.1. The Morgan fingerprint density at radius 3 is 0.694 bits per heavy atom. The van der Waals surface area contributed by atoms with Crippen LogP contribution in [0, 0.1) is 0 Å². The van der Waals surface area contributed by atoms with Gasteiger partial charge in [-0.25, -0.2) is 9.97 Å². The Morgan fingerprint density at radius 1 is 0.139 bits per heavy atom. The van der Waals surface area contributed by atoms with Crippen molar-refractivity contribution in [1.29, 1.82) is 0 Å². The van der Waals surface area contributed by atoms with E-state index in [4.69, 9.17) is 9.97 Å². The van der Waals surface area contributed by atoms with Crippen LogP contribution in [-0.2, 0) is 0 Å². The molecule has 0 aliphatic heterocycles. The maximum Gasteiger partial charge on any atom is 0.138 e. The zero-order valence-corrected chi connectivity index (χ0v) is 78.6. The van der Waals surface area contributed by atoms with Crippen molar-refractivity contribution >= 4 is 43.6 Å². The molecule has 20 aromatic carbocycles. The molecular weight excluding hydrogens is 1740 g/mol. The van der Waals surface area contributed by atoms with Crippen molar-refractivity contribution in [1.82, 2.24) is 28.2 Å². The number of hydrogen-bond donors (Lipinski definition) is 0. The molecule has 30 rings (SSSR count). The van der Waals surface area contributed by atoms with Crippen molar-refractivity contribution in [3.8, 4) is 224 Å². The fraction of sp³-hybridized carbons (Fsp3) is 0. The summed E-state index contributed by atoms with van der Waals surface area (Å²) < 4.78 is 9.60. The highest BCUT2D eigenvalue weighted by Gasteiger charge is 2.36. The van der Waals surface area contributed by atoms with Gasteiger partial charge in [-0.1, -0.05) is 467 Å². The number of rotatable bonds is 10. The molecule has 672 valence electrons. The first-order valence-electron chi connectivity index (χ1n) is 49.4. The first kappa shape index (κ1) is 84.2. The van der Waals surface area contributed by atoms with Crippen LogP contribution in [0.1, 0.15) is 0 Å². The molecule has 0 saturated carbocycles. The smallest absolute Gasteiger partial charge is 0.138 e. The molecule has 4 aliphatic carbocycles. The Labute approximate surface area is 835 Å². The first-order valence-corrected chi connectivity index (χ1v) is 49.4. The van der Waals surface area contributed by atoms with E-state index >= 15 is 0 Å². The molecule has 0 fully saturated rings. The topological polar surface area (TPSA) is 45.5 Å². The molecular formula is C138H90N6. The summed E-state index contributed by atoms with van der Waals surface area (Å²) in [4.78, 5) is 10.0. The van der Waals surface area contributed by atoms with Crippen LogP contribution in [-0.4, -0.2) is 28.2 Å². The van der Waals surface area contributed by atoms with Gasteiger partial charge < -0.3 is 9.13 Å². The second kappa shape index (κ2) is 35.7. The average Bonchev–Trinajstić information content (AvgIpc) is 1.57. The van der Waals surface area contributed by atoms with E-state index in [2.05, 4.69) is 546 Å². The molecule has 0 bridgehead atoms. The minimum atomic E-state index is 0.912. The molecule has 6 heterocycles. The van der Waals surface area contributed by atoms with Crippen LogP contribution in [0.15, 0.2) is 546 Å². The number of benzene rings is 20. The highest BCUT2D eigenvalue weighted by molar-refractivity contribution is 6.23. The molecule has 6 nitrogen and oxygen atoms in total. The monoisotopic (exact) mass is 1830 g/mol. The molecule has 0 radical (unpaired) electrons. The van der Waals surface area contributed by atoms with Gasteiger partial charge in [0.15, 0.2) is 0 Å². The number of aromatic nitrogens is 6. The fourth-order valence-corrected chi connectivity index (χ4v) is 23.2. The van der Waals surface area contributed by atoms with Crippen LogP contribution < -0.4 is 0 Å². The average molecular weight is 1830 g/mol. The van der Waals surface area contributed by atoms with E-state index in [0.29, 0.717) is 0 Å². The Morgan fingerprint density at radius 2 is 0.361 bits per heavy atom. The summed E-state index contributed by atoms with van der Waals surface area (Å²) in [7, 11) is 0. The van der Waals surface area contributed by atoms with Crippen LogP contribution in [0.2, 0.25) is 0 Å². The summed E-state index contributed by atoms with van der Waals surface area (Å²) >= 11 is 0. The predicted octanol–water partition coefficient (Wildman–Crippen LogP) is 36.6. The van der Waals surface area contributed by atoms with Crippen molar-refractivity contribution in [3.63, 3.8) is 0 Å². The van der Waals surface area contributed by atoms with Crippen LogP contribution in [0.5, 0.6) is 0 Å². The fourth-order valence-electron chi connectivity index (χ4n) is 23.2. The second-order valence-electron chi connectivity index (χ2n) is 37.1. The summed E-state index contributed by atoms with van der Waals surface area (Å²) in [5, 5.41) is 5.16. The van der Waals surface area contributed by atoms with Gasteiger partial charge in [-0.2, -0.15) is 0 Å². The molecule has 0 atom stereocenters. The van der Waals surface area contributed by atoms with E-state index in [1.807, 2.05) is 18.3 Å². The minimum Gasteiger partial charge on any atom is -0.309 e. The third kappa shape index (κ3) is 14.0. The van der Waals surface area contributed by atoms with E-state index in [-0.39, 0.29) is 0 Å². The van der Waals surface area contributed by atoms with Gasteiger partial charge in [0.25, 0.3) is 0 Å². The summed E-state index contributed by atoms with van der Waals surface area (Å²) in [6.07, 6.45) is 1.87. The van der Waals surface area contributed by atoms with Crippen LogP contribution >= 0.6 is 0 Å². The molecule has 0 unspecified atom stereocenters. The highest BCUT2D eigenvalue weighted by Crippen LogP contribution is 2.59. The first-order chi connectivity index (χ1) is 71.6.